The Kier molecular flexibility index (Phi) is 4.88. The maximum atomic E-state index is 11.9. The molecule has 2 rings (SSSR count). The third-order valence-corrected chi connectivity index (χ3v) is 4.17. The Balaban J connectivity index is 1.96. The van der Waals surface area contributed by atoms with E-state index in [1.54, 1.807) is 37.3 Å². The van der Waals surface area contributed by atoms with Crippen LogP contribution < -0.4 is 0 Å². The second kappa shape index (κ2) is 6.67. The lowest BCUT2D eigenvalue weighted by Crippen LogP contribution is -2.15. The minimum absolute atomic E-state index is 0.0379. The van der Waals surface area contributed by atoms with Crippen molar-refractivity contribution in [1.29, 1.82) is 0 Å². The molecular weight excluding hydrogens is 310 g/mol. The van der Waals surface area contributed by atoms with E-state index in [4.69, 9.17) is 4.18 Å². The summed E-state index contributed by atoms with van der Waals surface area (Å²) in [5.74, 6) is -0.569. The first-order valence-corrected chi connectivity index (χ1v) is 8.04. The number of aryl methyl sites for hydroxylation is 1. The van der Waals surface area contributed by atoms with Crippen molar-refractivity contribution in [3.05, 3.63) is 57.9 Å². The second-order valence-corrected chi connectivity index (χ2v) is 6.26. The van der Waals surface area contributed by atoms with E-state index < -0.39 is 15.0 Å². The highest BCUT2D eigenvalue weighted by molar-refractivity contribution is 7.85. The molecule has 0 saturated carbocycles. The van der Waals surface area contributed by atoms with Crippen molar-refractivity contribution < 1.29 is 17.5 Å². The summed E-state index contributed by atoms with van der Waals surface area (Å²) in [6.45, 7) is 1.50. The third-order valence-electron chi connectivity index (χ3n) is 2.96. The zero-order valence-electron chi connectivity index (χ0n) is 11.9. The molecule has 2 aromatic rings. The largest absolute Gasteiger partial charge is 0.434 e. The summed E-state index contributed by atoms with van der Waals surface area (Å²) in [7, 11) is -3.74. The summed E-state index contributed by atoms with van der Waals surface area (Å²) in [5, 5.41) is 10.8. The Morgan fingerprint density at radius 2 is 2.00 bits per heavy atom. The van der Waals surface area contributed by atoms with E-state index >= 15 is 0 Å². The Morgan fingerprint density at radius 1 is 1.32 bits per heavy atom. The van der Waals surface area contributed by atoms with Crippen molar-refractivity contribution in [2.75, 3.05) is 6.61 Å². The van der Waals surface area contributed by atoms with Crippen LogP contribution >= 0.6 is 0 Å². The predicted molar refractivity (Wildman–Crippen MR) is 78.6 cm³/mol. The molecule has 8 nitrogen and oxygen atoms in total. The lowest BCUT2D eigenvalue weighted by Gasteiger charge is -2.06. The van der Waals surface area contributed by atoms with Crippen LogP contribution in [-0.4, -0.2) is 29.5 Å². The van der Waals surface area contributed by atoms with Crippen molar-refractivity contribution in [3.8, 4) is 0 Å². The molecule has 0 bridgehead atoms. The van der Waals surface area contributed by atoms with Crippen LogP contribution in [0.3, 0.4) is 0 Å². The summed E-state index contributed by atoms with van der Waals surface area (Å²) < 4.78 is 29.9. The fraction of sp³-hybridized carbons (Fsp3) is 0.308. The van der Waals surface area contributed by atoms with Crippen molar-refractivity contribution in [3.63, 3.8) is 0 Å². The van der Waals surface area contributed by atoms with Gasteiger partial charge >= 0.3 is 5.95 Å². The van der Waals surface area contributed by atoms with E-state index in [9.17, 15) is 18.5 Å². The number of hydrogen-bond donors (Lipinski definition) is 0. The number of benzene rings is 1. The zero-order valence-corrected chi connectivity index (χ0v) is 12.7. The number of nitrogens with zero attached hydrogens (tertiary/aromatic N) is 3. The highest BCUT2D eigenvalue weighted by Crippen LogP contribution is 2.13. The molecule has 0 atom stereocenters. The number of aromatic nitrogens is 2. The predicted octanol–water partition coefficient (Wildman–Crippen LogP) is 1.65. The molecule has 0 saturated heterocycles. The number of hydrogen-bond acceptors (Lipinski definition) is 6. The first-order chi connectivity index (χ1) is 10.4. The Bertz CT molecular complexity index is 755. The third kappa shape index (κ3) is 4.12. The van der Waals surface area contributed by atoms with E-state index in [2.05, 4.69) is 4.98 Å². The maximum absolute atomic E-state index is 11.9. The number of rotatable bonds is 7. The van der Waals surface area contributed by atoms with Gasteiger partial charge in [0.15, 0.2) is 0 Å². The molecule has 0 aliphatic carbocycles. The molecule has 1 heterocycles. The molecule has 1 aromatic heterocycles. The van der Waals surface area contributed by atoms with Gasteiger partial charge in [0.25, 0.3) is 10.1 Å². The molecule has 0 spiro atoms. The average molecular weight is 325 g/mol. The van der Waals surface area contributed by atoms with E-state index in [1.165, 1.54) is 10.8 Å². The smallest absolute Gasteiger partial charge is 0.390 e. The topological polar surface area (TPSA) is 104 Å². The van der Waals surface area contributed by atoms with Gasteiger partial charge in [0.05, 0.1) is 13.2 Å². The monoisotopic (exact) mass is 325 g/mol. The summed E-state index contributed by atoms with van der Waals surface area (Å²) >= 11 is 0. The molecule has 9 heteroatoms. The van der Waals surface area contributed by atoms with E-state index in [0.29, 0.717) is 11.3 Å². The Labute approximate surface area is 127 Å². The Hall–Kier alpha value is -2.26. The minimum Gasteiger partial charge on any atom is -0.390 e. The summed E-state index contributed by atoms with van der Waals surface area (Å²) in [6, 6.07) is 8.64. The van der Waals surface area contributed by atoms with Gasteiger partial charge in [0.1, 0.15) is 17.6 Å². The van der Waals surface area contributed by atoms with Gasteiger partial charge < -0.3 is 10.1 Å². The fourth-order valence-electron chi connectivity index (χ4n) is 1.95. The van der Waals surface area contributed by atoms with Gasteiger partial charge in [0, 0.05) is 0 Å². The van der Waals surface area contributed by atoms with Crippen LogP contribution in [0.2, 0.25) is 0 Å². The van der Waals surface area contributed by atoms with E-state index in [0.717, 1.165) is 0 Å². The zero-order chi connectivity index (χ0) is 16.2. The Morgan fingerprint density at radius 3 is 2.64 bits per heavy atom. The molecule has 0 radical (unpaired) electrons. The summed E-state index contributed by atoms with van der Waals surface area (Å²) in [6.07, 6.45) is 1.36. The fourth-order valence-corrected chi connectivity index (χ4v) is 2.96. The molecule has 0 fully saturated rings. The molecule has 0 unspecified atom stereocenters. The number of imidazole rings is 1. The standard InChI is InChI=1S/C13H15N3O5S/c1-11-9-14-13(16(17)18)15(11)7-8-21-22(19,20)10-12-5-3-2-4-6-12/h2-6,9H,7-8,10H2,1H3. The van der Waals surface area contributed by atoms with Crippen LogP contribution in [0.1, 0.15) is 11.3 Å². The lowest BCUT2D eigenvalue weighted by molar-refractivity contribution is -0.396. The van der Waals surface area contributed by atoms with Gasteiger partial charge in [-0.25, -0.2) is 4.57 Å². The first-order valence-electron chi connectivity index (χ1n) is 6.46. The van der Waals surface area contributed by atoms with Gasteiger partial charge in [-0.15, -0.1) is 0 Å². The van der Waals surface area contributed by atoms with Gasteiger partial charge in [-0.2, -0.15) is 8.42 Å². The van der Waals surface area contributed by atoms with Gasteiger partial charge in [-0.1, -0.05) is 35.3 Å². The summed E-state index contributed by atoms with van der Waals surface area (Å²) in [5.41, 5.74) is 1.18. The molecule has 0 N–H and O–H groups in total. The second-order valence-electron chi connectivity index (χ2n) is 4.62. The van der Waals surface area contributed by atoms with Crippen molar-refractivity contribution in [2.24, 2.45) is 0 Å². The molecule has 0 amide bonds. The highest BCUT2D eigenvalue weighted by Gasteiger charge is 2.19. The van der Waals surface area contributed by atoms with Crippen LogP contribution in [0.25, 0.3) is 0 Å². The van der Waals surface area contributed by atoms with E-state index in [-0.39, 0.29) is 24.9 Å². The summed E-state index contributed by atoms with van der Waals surface area (Å²) in [4.78, 5) is 13.8. The van der Waals surface area contributed by atoms with Crippen LogP contribution in [0.15, 0.2) is 36.5 Å². The molecule has 0 aliphatic rings. The van der Waals surface area contributed by atoms with Gasteiger partial charge in [-0.3, -0.25) is 4.18 Å². The molecule has 1 aromatic carbocycles. The molecular formula is C13H15N3O5S. The molecule has 118 valence electrons. The molecule has 22 heavy (non-hydrogen) atoms. The molecule has 0 aliphatic heterocycles. The average Bonchev–Trinajstić information content (AvgIpc) is 2.81. The normalized spacial score (nSPS) is 11.5. The highest BCUT2D eigenvalue weighted by atomic mass is 32.2. The van der Waals surface area contributed by atoms with Crippen molar-refractivity contribution in [2.45, 2.75) is 19.2 Å². The van der Waals surface area contributed by atoms with Crippen molar-refractivity contribution >= 4 is 16.1 Å². The van der Waals surface area contributed by atoms with Crippen LogP contribution in [0, 0.1) is 17.0 Å². The van der Waals surface area contributed by atoms with Crippen molar-refractivity contribution in [1.82, 2.24) is 9.55 Å². The van der Waals surface area contributed by atoms with Gasteiger partial charge in [-0.05, 0) is 17.4 Å². The van der Waals surface area contributed by atoms with Crippen LogP contribution in [0.4, 0.5) is 5.95 Å². The first kappa shape index (κ1) is 16.1. The SMILES string of the molecule is Cc1cnc([N+](=O)[O-])n1CCOS(=O)(=O)Cc1ccccc1. The maximum Gasteiger partial charge on any atom is 0.434 e. The van der Waals surface area contributed by atoms with E-state index in [1.807, 2.05) is 0 Å². The van der Waals surface area contributed by atoms with Gasteiger partial charge in [0.2, 0.25) is 0 Å². The minimum atomic E-state index is -3.74. The van der Waals surface area contributed by atoms with Crippen LogP contribution in [0.5, 0.6) is 0 Å². The van der Waals surface area contributed by atoms with Crippen LogP contribution in [-0.2, 0) is 26.6 Å². The number of nitro groups is 1. The quantitative estimate of drug-likeness (QED) is 0.435. The lowest BCUT2D eigenvalue weighted by atomic mass is 10.2.